The van der Waals surface area contributed by atoms with Crippen molar-refractivity contribution in [2.24, 2.45) is 0 Å². The monoisotopic (exact) mass is 466 g/mol. The van der Waals surface area contributed by atoms with Crippen LogP contribution in [0.2, 0.25) is 10.0 Å². The lowest BCUT2D eigenvalue weighted by Crippen LogP contribution is -2.52. The van der Waals surface area contributed by atoms with Crippen molar-refractivity contribution < 1.29 is 18.8 Å². The highest BCUT2D eigenvalue weighted by atomic mass is 35.5. The third-order valence-electron chi connectivity index (χ3n) is 4.80. The van der Waals surface area contributed by atoms with Crippen LogP contribution in [0.1, 0.15) is 10.4 Å². The molecular weight excluding hydrogens is 446 g/mol. The SMILES string of the molecule is O=C(CN1CCN(C(=O)CNC(=O)c2ccc(Cl)c(Cl)c2)CC1)Nc1ccc(F)cc1. The van der Waals surface area contributed by atoms with Crippen LogP contribution in [0.15, 0.2) is 42.5 Å². The van der Waals surface area contributed by atoms with Crippen molar-refractivity contribution in [1.29, 1.82) is 0 Å². The Labute approximate surface area is 189 Å². The van der Waals surface area contributed by atoms with Gasteiger partial charge in [-0.05, 0) is 42.5 Å². The number of nitrogens with one attached hydrogen (secondary N) is 2. The first-order chi connectivity index (χ1) is 14.8. The fourth-order valence-corrected chi connectivity index (χ4v) is 3.40. The maximum absolute atomic E-state index is 12.9. The summed E-state index contributed by atoms with van der Waals surface area (Å²) in [6.07, 6.45) is 0. The molecule has 3 amide bonds. The van der Waals surface area contributed by atoms with Crippen LogP contribution in [0.4, 0.5) is 10.1 Å². The van der Waals surface area contributed by atoms with Crippen LogP contribution in [0.5, 0.6) is 0 Å². The number of hydrogen-bond acceptors (Lipinski definition) is 4. The third-order valence-corrected chi connectivity index (χ3v) is 5.54. The molecule has 0 spiro atoms. The highest BCUT2D eigenvalue weighted by molar-refractivity contribution is 6.42. The number of carbonyl (C=O) groups is 3. The first kappa shape index (κ1) is 23.0. The lowest BCUT2D eigenvalue weighted by Gasteiger charge is -2.34. The Hall–Kier alpha value is -2.68. The van der Waals surface area contributed by atoms with Gasteiger partial charge in [-0.15, -0.1) is 0 Å². The molecule has 0 bridgehead atoms. The number of benzene rings is 2. The summed E-state index contributed by atoms with van der Waals surface area (Å²) in [7, 11) is 0. The molecule has 3 rings (SSSR count). The predicted octanol–water partition coefficient (Wildman–Crippen LogP) is 2.65. The Morgan fingerprint density at radius 3 is 2.26 bits per heavy atom. The normalized spacial score (nSPS) is 14.2. The van der Waals surface area contributed by atoms with Gasteiger partial charge < -0.3 is 15.5 Å². The number of nitrogens with zero attached hydrogens (tertiary/aromatic N) is 2. The number of carbonyl (C=O) groups excluding carboxylic acids is 3. The second kappa shape index (κ2) is 10.6. The molecule has 2 N–H and O–H groups in total. The second-order valence-corrected chi connectivity index (χ2v) is 7.84. The summed E-state index contributed by atoms with van der Waals surface area (Å²) in [6, 6.07) is 10.0. The van der Waals surface area contributed by atoms with E-state index in [1.807, 2.05) is 4.90 Å². The summed E-state index contributed by atoms with van der Waals surface area (Å²) in [4.78, 5) is 40.3. The quantitative estimate of drug-likeness (QED) is 0.685. The summed E-state index contributed by atoms with van der Waals surface area (Å²) in [6.45, 7) is 2.00. The minimum Gasteiger partial charge on any atom is -0.343 e. The average Bonchev–Trinajstić information content (AvgIpc) is 2.76. The van der Waals surface area contributed by atoms with E-state index in [0.717, 1.165) is 0 Å². The Kier molecular flexibility index (Phi) is 7.84. The number of halogens is 3. The molecule has 7 nitrogen and oxygen atoms in total. The van der Waals surface area contributed by atoms with Gasteiger partial charge in [0.15, 0.2) is 0 Å². The first-order valence-electron chi connectivity index (χ1n) is 9.60. The molecule has 0 aromatic heterocycles. The van der Waals surface area contributed by atoms with E-state index in [2.05, 4.69) is 10.6 Å². The summed E-state index contributed by atoms with van der Waals surface area (Å²) >= 11 is 11.7. The molecular formula is C21H21Cl2FN4O3. The van der Waals surface area contributed by atoms with Gasteiger partial charge in [0, 0.05) is 37.4 Å². The van der Waals surface area contributed by atoms with Gasteiger partial charge in [0.2, 0.25) is 11.8 Å². The molecule has 31 heavy (non-hydrogen) atoms. The summed E-state index contributed by atoms with van der Waals surface area (Å²) in [5.74, 6) is -1.20. The van der Waals surface area contributed by atoms with Gasteiger partial charge in [-0.2, -0.15) is 0 Å². The van der Waals surface area contributed by atoms with Gasteiger partial charge in [-0.3, -0.25) is 19.3 Å². The molecule has 1 heterocycles. The fraction of sp³-hybridized carbons (Fsp3) is 0.286. The van der Waals surface area contributed by atoms with E-state index >= 15 is 0 Å². The number of piperazine rings is 1. The number of hydrogen-bond donors (Lipinski definition) is 2. The highest BCUT2D eigenvalue weighted by Crippen LogP contribution is 2.22. The molecule has 0 saturated carbocycles. The summed E-state index contributed by atoms with van der Waals surface area (Å²) < 4.78 is 12.9. The van der Waals surface area contributed by atoms with Crippen molar-refractivity contribution in [3.63, 3.8) is 0 Å². The van der Waals surface area contributed by atoms with E-state index in [-0.39, 0.29) is 35.7 Å². The lowest BCUT2D eigenvalue weighted by molar-refractivity contribution is -0.132. The Morgan fingerprint density at radius 1 is 0.935 bits per heavy atom. The van der Waals surface area contributed by atoms with Crippen LogP contribution in [0.3, 0.4) is 0 Å². The minimum absolute atomic E-state index is 0.135. The minimum atomic E-state index is -0.414. The van der Waals surface area contributed by atoms with E-state index in [0.29, 0.717) is 42.5 Å². The second-order valence-electron chi connectivity index (χ2n) is 7.02. The van der Waals surface area contributed by atoms with E-state index in [9.17, 15) is 18.8 Å². The van der Waals surface area contributed by atoms with Gasteiger partial charge >= 0.3 is 0 Å². The molecule has 10 heteroatoms. The van der Waals surface area contributed by atoms with Gasteiger partial charge in [-0.25, -0.2) is 4.39 Å². The maximum atomic E-state index is 12.9. The largest absolute Gasteiger partial charge is 0.343 e. The number of rotatable bonds is 6. The van der Waals surface area contributed by atoms with E-state index in [1.54, 1.807) is 4.90 Å². The van der Waals surface area contributed by atoms with E-state index in [1.165, 1.54) is 42.5 Å². The highest BCUT2D eigenvalue weighted by Gasteiger charge is 2.23. The lowest BCUT2D eigenvalue weighted by atomic mass is 10.2. The molecule has 1 saturated heterocycles. The first-order valence-corrected chi connectivity index (χ1v) is 10.4. The Bertz CT molecular complexity index is 964. The zero-order valence-electron chi connectivity index (χ0n) is 16.5. The van der Waals surface area contributed by atoms with Crippen LogP contribution < -0.4 is 10.6 Å². The van der Waals surface area contributed by atoms with Crippen molar-refractivity contribution in [2.45, 2.75) is 0 Å². The molecule has 0 atom stereocenters. The Morgan fingerprint density at radius 2 is 1.61 bits per heavy atom. The molecule has 1 fully saturated rings. The molecule has 164 valence electrons. The van der Waals surface area contributed by atoms with Crippen molar-refractivity contribution >= 4 is 46.6 Å². The molecule has 0 aliphatic carbocycles. The van der Waals surface area contributed by atoms with E-state index < -0.39 is 5.91 Å². The van der Waals surface area contributed by atoms with Gasteiger partial charge in [-0.1, -0.05) is 23.2 Å². The molecule has 0 radical (unpaired) electrons. The van der Waals surface area contributed by atoms with Crippen molar-refractivity contribution in [2.75, 3.05) is 44.6 Å². The van der Waals surface area contributed by atoms with Crippen LogP contribution in [-0.2, 0) is 9.59 Å². The maximum Gasteiger partial charge on any atom is 0.251 e. The number of amides is 3. The van der Waals surface area contributed by atoms with Gasteiger partial charge in [0.05, 0.1) is 23.1 Å². The zero-order chi connectivity index (χ0) is 22.4. The van der Waals surface area contributed by atoms with Crippen molar-refractivity contribution in [1.82, 2.24) is 15.1 Å². The molecule has 1 aliphatic heterocycles. The van der Waals surface area contributed by atoms with Crippen LogP contribution in [-0.4, -0.2) is 66.8 Å². The average molecular weight is 467 g/mol. The molecule has 0 unspecified atom stereocenters. The zero-order valence-corrected chi connectivity index (χ0v) is 18.0. The van der Waals surface area contributed by atoms with Gasteiger partial charge in [0.1, 0.15) is 5.82 Å². The van der Waals surface area contributed by atoms with Crippen LogP contribution in [0.25, 0.3) is 0 Å². The summed E-state index contributed by atoms with van der Waals surface area (Å²) in [5, 5.41) is 5.90. The van der Waals surface area contributed by atoms with Crippen molar-refractivity contribution in [3.8, 4) is 0 Å². The Balaban J connectivity index is 1.40. The topological polar surface area (TPSA) is 81.8 Å². The predicted molar refractivity (Wildman–Crippen MR) is 117 cm³/mol. The number of anilines is 1. The van der Waals surface area contributed by atoms with Crippen molar-refractivity contribution in [3.05, 3.63) is 63.9 Å². The van der Waals surface area contributed by atoms with Gasteiger partial charge in [0.25, 0.3) is 5.91 Å². The summed E-state index contributed by atoms with van der Waals surface area (Å²) in [5.41, 5.74) is 0.845. The smallest absolute Gasteiger partial charge is 0.251 e. The molecule has 2 aromatic carbocycles. The van der Waals surface area contributed by atoms with Crippen LogP contribution in [0, 0.1) is 5.82 Å². The molecule has 1 aliphatic rings. The fourth-order valence-electron chi connectivity index (χ4n) is 3.10. The molecule has 2 aromatic rings. The van der Waals surface area contributed by atoms with E-state index in [4.69, 9.17) is 23.2 Å². The van der Waals surface area contributed by atoms with Crippen LogP contribution >= 0.6 is 23.2 Å². The standard InChI is InChI=1S/C21H21Cl2FN4O3/c22-17-6-1-14(11-18(17)23)21(31)25-12-20(30)28-9-7-27(8-10-28)13-19(29)26-16-4-2-15(24)3-5-16/h1-6,11H,7-10,12-13H2,(H,25,31)(H,26,29). The third kappa shape index (κ3) is 6.65.